The largest absolute Gasteiger partial charge is 0.363 e. The highest BCUT2D eigenvalue weighted by Gasteiger charge is 2.29. The topological polar surface area (TPSA) is 71.2 Å². The van der Waals surface area contributed by atoms with Crippen molar-refractivity contribution >= 4 is 17.4 Å². The number of carbonyl (C=O) groups is 1. The summed E-state index contributed by atoms with van der Waals surface area (Å²) >= 11 is 0. The fraction of sp³-hybridized carbons (Fsp3) is 0.538. The molecule has 0 saturated carbocycles. The van der Waals surface area contributed by atoms with Crippen LogP contribution in [0, 0.1) is 0 Å². The normalized spacial score (nSPS) is 11.2. The zero-order valence-electron chi connectivity index (χ0n) is 11.5. The second-order valence-electron chi connectivity index (χ2n) is 4.62. The number of pyridine rings is 1. The first-order valence-corrected chi connectivity index (χ1v) is 6.16. The lowest BCUT2D eigenvalue weighted by molar-refractivity contribution is -0.121. The van der Waals surface area contributed by atoms with Gasteiger partial charge in [-0.25, -0.2) is 4.98 Å². The number of nitrogens with one attached hydrogen (secondary N) is 1. The Morgan fingerprint density at radius 1 is 1.39 bits per heavy atom. The number of rotatable bonds is 5. The van der Waals surface area contributed by atoms with Gasteiger partial charge in [-0.15, -0.1) is 0 Å². The molecule has 0 aliphatic heterocycles. The predicted molar refractivity (Wildman–Crippen MR) is 74.7 cm³/mol. The van der Waals surface area contributed by atoms with Crippen molar-refractivity contribution in [3.8, 4) is 0 Å². The van der Waals surface area contributed by atoms with Crippen LogP contribution in [0.1, 0.15) is 26.7 Å². The van der Waals surface area contributed by atoms with Gasteiger partial charge in [-0.05, 0) is 25.0 Å². The number of hydrogen-bond acceptors (Lipinski definition) is 4. The minimum Gasteiger partial charge on any atom is -0.363 e. The summed E-state index contributed by atoms with van der Waals surface area (Å²) in [5.74, 6) is 0.685. The van der Waals surface area contributed by atoms with E-state index in [1.165, 1.54) is 0 Å². The van der Waals surface area contributed by atoms with Gasteiger partial charge in [-0.3, -0.25) is 4.79 Å². The Morgan fingerprint density at radius 2 is 2.00 bits per heavy atom. The van der Waals surface area contributed by atoms with Crippen molar-refractivity contribution in [2.24, 2.45) is 5.73 Å². The van der Waals surface area contributed by atoms with E-state index in [2.05, 4.69) is 10.3 Å². The predicted octanol–water partition coefficient (Wildman–Crippen LogP) is 1.60. The Morgan fingerprint density at radius 3 is 2.39 bits per heavy atom. The molecule has 0 spiro atoms. The number of aromatic nitrogens is 1. The lowest BCUT2D eigenvalue weighted by Crippen LogP contribution is -2.50. The van der Waals surface area contributed by atoms with Gasteiger partial charge in [-0.1, -0.05) is 13.8 Å². The third kappa shape index (κ3) is 3.20. The molecule has 1 amide bonds. The third-order valence-corrected chi connectivity index (χ3v) is 3.18. The van der Waals surface area contributed by atoms with Crippen molar-refractivity contribution < 1.29 is 4.79 Å². The standard InChI is InChI=1S/C13H22N4O/c1-5-13(14,6-2)12(18)16-10-7-8-11(15-9-10)17(3)4/h7-9H,5-6,14H2,1-4H3,(H,16,18). The van der Waals surface area contributed by atoms with Gasteiger partial charge in [0.2, 0.25) is 5.91 Å². The molecule has 1 heterocycles. The average molecular weight is 250 g/mol. The lowest BCUT2D eigenvalue weighted by Gasteiger charge is -2.25. The minimum absolute atomic E-state index is 0.160. The van der Waals surface area contributed by atoms with Crippen LogP contribution in [-0.2, 0) is 4.79 Å². The number of amides is 1. The van der Waals surface area contributed by atoms with E-state index in [1.807, 2.05) is 45.0 Å². The molecule has 0 aliphatic carbocycles. The number of nitrogens with two attached hydrogens (primary N) is 1. The lowest BCUT2D eigenvalue weighted by atomic mass is 9.93. The smallest absolute Gasteiger partial charge is 0.244 e. The van der Waals surface area contributed by atoms with E-state index in [0.717, 1.165) is 5.82 Å². The van der Waals surface area contributed by atoms with Gasteiger partial charge in [0.25, 0.3) is 0 Å². The summed E-state index contributed by atoms with van der Waals surface area (Å²) in [6, 6.07) is 3.68. The Hall–Kier alpha value is -1.62. The van der Waals surface area contributed by atoms with Gasteiger partial charge in [0.15, 0.2) is 0 Å². The average Bonchev–Trinajstić information content (AvgIpc) is 2.38. The summed E-state index contributed by atoms with van der Waals surface area (Å²) in [5, 5.41) is 2.81. The van der Waals surface area contributed by atoms with Crippen LogP contribution in [-0.4, -0.2) is 30.5 Å². The molecular weight excluding hydrogens is 228 g/mol. The number of anilines is 2. The molecule has 18 heavy (non-hydrogen) atoms. The van der Waals surface area contributed by atoms with Gasteiger partial charge in [0, 0.05) is 14.1 Å². The summed E-state index contributed by atoms with van der Waals surface area (Å²) in [5.41, 5.74) is 5.89. The molecule has 5 nitrogen and oxygen atoms in total. The van der Waals surface area contributed by atoms with Gasteiger partial charge >= 0.3 is 0 Å². The SMILES string of the molecule is CCC(N)(CC)C(=O)Nc1ccc(N(C)C)nc1. The fourth-order valence-electron chi connectivity index (χ4n) is 1.55. The van der Waals surface area contributed by atoms with E-state index in [1.54, 1.807) is 6.20 Å². The van der Waals surface area contributed by atoms with Crippen LogP contribution in [0.15, 0.2) is 18.3 Å². The van der Waals surface area contributed by atoms with E-state index in [-0.39, 0.29) is 5.91 Å². The van der Waals surface area contributed by atoms with E-state index in [9.17, 15) is 4.79 Å². The first-order chi connectivity index (χ1) is 8.42. The van der Waals surface area contributed by atoms with Crippen molar-refractivity contribution in [2.45, 2.75) is 32.2 Å². The summed E-state index contributed by atoms with van der Waals surface area (Å²) in [6.45, 7) is 3.83. The Bertz CT molecular complexity index is 396. The van der Waals surface area contributed by atoms with E-state index >= 15 is 0 Å². The summed E-state index contributed by atoms with van der Waals surface area (Å²) in [7, 11) is 3.83. The Balaban J connectivity index is 2.76. The highest BCUT2D eigenvalue weighted by Crippen LogP contribution is 2.16. The molecule has 0 fully saturated rings. The van der Waals surface area contributed by atoms with E-state index in [4.69, 9.17) is 5.73 Å². The van der Waals surface area contributed by atoms with Crippen LogP contribution >= 0.6 is 0 Å². The van der Waals surface area contributed by atoms with Gasteiger partial charge < -0.3 is 16.0 Å². The summed E-state index contributed by atoms with van der Waals surface area (Å²) < 4.78 is 0. The van der Waals surface area contributed by atoms with Gasteiger partial charge in [0.1, 0.15) is 5.82 Å². The second kappa shape index (κ2) is 5.82. The number of hydrogen-bond donors (Lipinski definition) is 2. The maximum absolute atomic E-state index is 12.0. The molecule has 100 valence electrons. The molecule has 1 aromatic heterocycles. The molecule has 0 atom stereocenters. The first-order valence-electron chi connectivity index (χ1n) is 6.16. The molecule has 0 saturated heterocycles. The molecule has 5 heteroatoms. The molecule has 0 radical (unpaired) electrons. The molecule has 3 N–H and O–H groups in total. The zero-order chi connectivity index (χ0) is 13.8. The second-order valence-corrected chi connectivity index (χ2v) is 4.62. The van der Waals surface area contributed by atoms with Gasteiger partial charge in [0.05, 0.1) is 17.4 Å². The van der Waals surface area contributed by atoms with E-state index in [0.29, 0.717) is 18.5 Å². The zero-order valence-corrected chi connectivity index (χ0v) is 11.5. The maximum atomic E-state index is 12.0. The van der Waals surface area contributed by atoms with E-state index < -0.39 is 5.54 Å². The number of nitrogens with zero attached hydrogens (tertiary/aromatic N) is 2. The molecule has 0 aliphatic rings. The third-order valence-electron chi connectivity index (χ3n) is 3.18. The van der Waals surface area contributed by atoms with Crippen molar-refractivity contribution in [1.29, 1.82) is 0 Å². The van der Waals surface area contributed by atoms with Crippen molar-refractivity contribution in [1.82, 2.24) is 4.98 Å². The van der Waals surface area contributed by atoms with Crippen LogP contribution in [0.2, 0.25) is 0 Å². The minimum atomic E-state index is -0.805. The Labute approximate surface area is 108 Å². The monoisotopic (exact) mass is 250 g/mol. The molecule has 1 aromatic rings. The van der Waals surface area contributed by atoms with Crippen LogP contribution in [0.5, 0.6) is 0 Å². The van der Waals surface area contributed by atoms with Crippen LogP contribution < -0.4 is 16.0 Å². The Kier molecular flexibility index (Phi) is 4.67. The molecule has 1 rings (SSSR count). The molecular formula is C13H22N4O. The fourth-order valence-corrected chi connectivity index (χ4v) is 1.55. The highest BCUT2D eigenvalue weighted by atomic mass is 16.2. The van der Waals surface area contributed by atoms with Gasteiger partial charge in [-0.2, -0.15) is 0 Å². The quantitative estimate of drug-likeness (QED) is 0.832. The van der Waals surface area contributed by atoms with Crippen molar-refractivity contribution in [3.63, 3.8) is 0 Å². The van der Waals surface area contributed by atoms with Crippen molar-refractivity contribution in [3.05, 3.63) is 18.3 Å². The molecule has 0 unspecified atom stereocenters. The van der Waals surface area contributed by atoms with Crippen LogP contribution in [0.3, 0.4) is 0 Å². The molecule has 0 aromatic carbocycles. The van der Waals surface area contributed by atoms with Crippen LogP contribution in [0.25, 0.3) is 0 Å². The first kappa shape index (κ1) is 14.4. The highest BCUT2D eigenvalue weighted by molar-refractivity contribution is 5.97. The summed E-state index contributed by atoms with van der Waals surface area (Å²) in [4.78, 5) is 18.2. The van der Waals surface area contributed by atoms with Crippen LogP contribution in [0.4, 0.5) is 11.5 Å². The molecule has 0 bridgehead atoms. The maximum Gasteiger partial charge on any atom is 0.244 e. The number of carbonyl (C=O) groups excluding carboxylic acids is 1. The van der Waals surface area contributed by atoms with Crippen molar-refractivity contribution in [2.75, 3.05) is 24.3 Å². The summed E-state index contributed by atoms with van der Waals surface area (Å²) in [6.07, 6.45) is 2.86.